The van der Waals surface area contributed by atoms with Crippen LogP contribution in [0.2, 0.25) is 0 Å². The molecule has 5 heteroatoms. The number of aliphatic hydroxyl groups excluding tert-OH is 1. The third kappa shape index (κ3) is 5.93. The highest BCUT2D eigenvalue weighted by Gasteiger charge is 2.24. The van der Waals surface area contributed by atoms with Crippen molar-refractivity contribution in [2.75, 3.05) is 39.3 Å². The van der Waals surface area contributed by atoms with Crippen molar-refractivity contribution < 1.29 is 9.90 Å². The maximum absolute atomic E-state index is 12.0. The van der Waals surface area contributed by atoms with Crippen molar-refractivity contribution in [3.8, 4) is 0 Å². The fourth-order valence-corrected chi connectivity index (χ4v) is 3.42. The van der Waals surface area contributed by atoms with Crippen molar-refractivity contribution >= 4 is 5.91 Å². The Morgan fingerprint density at radius 1 is 1.24 bits per heavy atom. The molecule has 2 saturated heterocycles. The molecule has 2 heterocycles. The number of carbonyl (C=O) groups excluding carboxylic acids is 1. The summed E-state index contributed by atoms with van der Waals surface area (Å²) in [4.78, 5) is 14.5. The molecule has 122 valence electrons. The number of amides is 1. The van der Waals surface area contributed by atoms with E-state index < -0.39 is 0 Å². The fourth-order valence-electron chi connectivity index (χ4n) is 3.42. The minimum Gasteiger partial charge on any atom is -0.396 e. The molecule has 0 bridgehead atoms. The summed E-state index contributed by atoms with van der Waals surface area (Å²) in [6, 6.07) is 0.0446. The highest BCUT2D eigenvalue weighted by Crippen LogP contribution is 2.16. The van der Waals surface area contributed by atoms with Gasteiger partial charge in [-0.1, -0.05) is 0 Å². The molecule has 0 aromatic carbocycles. The van der Waals surface area contributed by atoms with Gasteiger partial charge in [0.1, 0.15) is 0 Å². The quantitative estimate of drug-likeness (QED) is 0.578. The van der Waals surface area contributed by atoms with Crippen molar-refractivity contribution in [1.82, 2.24) is 15.5 Å². The lowest BCUT2D eigenvalue weighted by molar-refractivity contribution is -0.123. The number of likely N-dealkylation sites (tertiary alicyclic amines) is 1. The number of nitrogens with one attached hydrogen (secondary N) is 2. The van der Waals surface area contributed by atoms with Crippen LogP contribution in [0.1, 0.15) is 44.9 Å². The van der Waals surface area contributed by atoms with Gasteiger partial charge in [0.25, 0.3) is 0 Å². The lowest BCUT2D eigenvalue weighted by Crippen LogP contribution is -2.45. The third-order valence-corrected chi connectivity index (χ3v) is 4.68. The van der Waals surface area contributed by atoms with Crippen LogP contribution >= 0.6 is 0 Å². The number of piperidine rings is 1. The Balaban J connectivity index is 1.60. The van der Waals surface area contributed by atoms with Crippen molar-refractivity contribution in [2.45, 2.75) is 51.0 Å². The van der Waals surface area contributed by atoms with Gasteiger partial charge in [-0.15, -0.1) is 0 Å². The van der Waals surface area contributed by atoms with Crippen LogP contribution in [0.3, 0.4) is 0 Å². The molecular formula is C16H31N3O2. The third-order valence-electron chi connectivity index (χ3n) is 4.68. The Hall–Kier alpha value is -0.650. The maximum Gasteiger partial charge on any atom is 0.237 e. The number of carbonyl (C=O) groups is 1. The summed E-state index contributed by atoms with van der Waals surface area (Å²) < 4.78 is 0. The molecule has 0 spiro atoms. The first-order valence-corrected chi connectivity index (χ1v) is 8.64. The number of unbranched alkanes of at least 4 members (excludes halogenated alkanes) is 2. The molecule has 0 aromatic rings. The average Bonchev–Trinajstić information content (AvgIpc) is 3.04. The van der Waals surface area contributed by atoms with Gasteiger partial charge < -0.3 is 20.6 Å². The molecule has 21 heavy (non-hydrogen) atoms. The molecular weight excluding hydrogens is 266 g/mol. The van der Waals surface area contributed by atoms with Crippen molar-refractivity contribution in [3.63, 3.8) is 0 Å². The molecule has 5 nitrogen and oxygen atoms in total. The van der Waals surface area contributed by atoms with Crippen LogP contribution in [0, 0.1) is 5.92 Å². The van der Waals surface area contributed by atoms with Gasteiger partial charge in [-0.25, -0.2) is 0 Å². The predicted molar refractivity (Wildman–Crippen MR) is 84.1 cm³/mol. The number of rotatable bonds is 8. The number of nitrogens with zero attached hydrogens (tertiary/aromatic N) is 1. The second-order valence-corrected chi connectivity index (χ2v) is 6.49. The molecule has 0 aromatic heterocycles. The van der Waals surface area contributed by atoms with Crippen molar-refractivity contribution in [3.05, 3.63) is 0 Å². The van der Waals surface area contributed by atoms with E-state index in [0.717, 1.165) is 51.9 Å². The zero-order valence-electron chi connectivity index (χ0n) is 13.1. The van der Waals surface area contributed by atoms with Crippen LogP contribution in [0.25, 0.3) is 0 Å². The van der Waals surface area contributed by atoms with Crippen molar-refractivity contribution in [1.29, 1.82) is 0 Å². The highest BCUT2D eigenvalue weighted by atomic mass is 16.2. The smallest absolute Gasteiger partial charge is 0.237 e. The van der Waals surface area contributed by atoms with E-state index in [1.165, 1.54) is 25.8 Å². The Bertz CT molecular complexity index is 306. The van der Waals surface area contributed by atoms with Crippen molar-refractivity contribution in [2.24, 2.45) is 5.92 Å². The molecule has 2 atom stereocenters. The molecule has 3 N–H and O–H groups in total. The van der Waals surface area contributed by atoms with Gasteiger partial charge in [0.05, 0.1) is 6.04 Å². The van der Waals surface area contributed by atoms with Gasteiger partial charge in [0.2, 0.25) is 5.91 Å². The topological polar surface area (TPSA) is 64.6 Å². The lowest BCUT2D eigenvalue weighted by Gasteiger charge is -2.33. The Kier molecular flexibility index (Phi) is 7.47. The number of aliphatic hydroxyl groups is 1. The van der Waals surface area contributed by atoms with E-state index in [9.17, 15) is 4.79 Å². The summed E-state index contributed by atoms with van der Waals surface area (Å²) in [5.41, 5.74) is 0. The molecule has 0 radical (unpaired) electrons. The Labute approximate surface area is 128 Å². The van der Waals surface area contributed by atoms with Gasteiger partial charge in [0.15, 0.2) is 0 Å². The summed E-state index contributed by atoms with van der Waals surface area (Å²) in [5, 5.41) is 15.2. The second kappa shape index (κ2) is 9.38. The normalized spacial score (nSPS) is 26.9. The molecule has 0 saturated carbocycles. The molecule has 1 amide bonds. The van der Waals surface area contributed by atoms with Crippen LogP contribution < -0.4 is 10.6 Å². The molecule has 2 rings (SSSR count). The SMILES string of the molecule is O=C(NCC1CCCN(CCCCCO)C1)C1CCCN1. The molecule has 2 fully saturated rings. The van der Waals surface area contributed by atoms with E-state index in [2.05, 4.69) is 15.5 Å². The van der Waals surface area contributed by atoms with E-state index in [4.69, 9.17) is 5.11 Å². The van der Waals surface area contributed by atoms with Gasteiger partial charge in [-0.2, -0.15) is 0 Å². The van der Waals surface area contributed by atoms with Crippen LogP contribution in [0.5, 0.6) is 0 Å². The van der Waals surface area contributed by atoms with Gasteiger partial charge >= 0.3 is 0 Å². The minimum atomic E-state index is 0.0446. The van der Waals surface area contributed by atoms with E-state index in [1.54, 1.807) is 0 Å². The minimum absolute atomic E-state index is 0.0446. The molecule has 0 aliphatic carbocycles. The standard InChI is InChI=1S/C16H31N3O2/c20-11-3-1-2-9-19-10-5-6-14(13-19)12-18-16(21)15-7-4-8-17-15/h14-15,17,20H,1-13H2,(H,18,21). The second-order valence-electron chi connectivity index (χ2n) is 6.49. The Morgan fingerprint density at radius 2 is 2.14 bits per heavy atom. The summed E-state index contributed by atoms with van der Waals surface area (Å²) in [6.45, 7) is 5.54. The van der Waals surface area contributed by atoms with Gasteiger partial charge in [-0.3, -0.25) is 4.79 Å². The summed E-state index contributed by atoms with van der Waals surface area (Å²) in [5.74, 6) is 0.787. The average molecular weight is 297 g/mol. The summed E-state index contributed by atoms with van der Waals surface area (Å²) >= 11 is 0. The monoisotopic (exact) mass is 297 g/mol. The largest absolute Gasteiger partial charge is 0.396 e. The molecule has 2 aliphatic rings. The Morgan fingerprint density at radius 3 is 2.90 bits per heavy atom. The van der Waals surface area contributed by atoms with Gasteiger partial charge in [0, 0.05) is 19.7 Å². The highest BCUT2D eigenvalue weighted by molar-refractivity contribution is 5.81. The first kappa shape index (κ1) is 16.7. The molecule has 2 aliphatic heterocycles. The number of hydrogen-bond donors (Lipinski definition) is 3. The zero-order valence-corrected chi connectivity index (χ0v) is 13.1. The summed E-state index contributed by atoms with van der Waals surface area (Å²) in [6.07, 6.45) is 7.76. The first-order chi connectivity index (χ1) is 10.3. The lowest BCUT2D eigenvalue weighted by atomic mass is 9.97. The van der Waals surface area contributed by atoms with E-state index >= 15 is 0 Å². The van der Waals surface area contributed by atoms with Crippen LogP contribution in [-0.2, 0) is 4.79 Å². The summed E-state index contributed by atoms with van der Waals surface area (Å²) in [7, 11) is 0. The number of hydrogen-bond acceptors (Lipinski definition) is 4. The molecule has 2 unspecified atom stereocenters. The van der Waals surface area contributed by atoms with Crippen LogP contribution in [-0.4, -0.2) is 61.3 Å². The van der Waals surface area contributed by atoms with Crippen LogP contribution in [0.15, 0.2) is 0 Å². The maximum atomic E-state index is 12.0. The predicted octanol–water partition coefficient (Wildman–Crippen LogP) is 0.729. The van der Waals surface area contributed by atoms with E-state index in [0.29, 0.717) is 12.5 Å². The van der Waals surface area contributed by atoms with Gasteiger partial charge in [-0.05, 0) is 70.5 Å². The van der Waals surface area contributed by atoms with E-state index in [-0.39, 0.29) is 11.9 Å². The van der Waals surface area contributed by atoms with Crippen LogP contribution in [0.4, 0.5) is 0 Å². The first-order valence-electron chi connectivity index (χ1n) is 8.64. The zero-order chi connectivity index (χ0) is 14.9. The fraction of sp³-hybridized carbons (Fsp3) is 0.938. The van der Waals surface area contributed by atoms with E-state index in [1.807, 2.05) is 0 Å².